The summed E-state index contributed by atoms with van der Waals surface area (Å²) in [5.74, 6) is 1.29. The summed E-state index contributed by atoms with van der Waals surface area (Å²) in [6.07, 6.45) is 6.91. The highest BCUT2D eigenvalue weighted by atomic mass is 16.5. The predicted molar refractivity (Wildman–Crippen MR) is 80.3 cm³/mol. The lowest BCUT2D eigenvalue weighted by Crippen LogP contribution is -2.51. The molecule has 0 radical (unpaired) electrons. The Morgan fingerprint density at radius 3 is 2.79 bits per heavy atom. The van der Waals surface area contributed by atoms with E-state index in [1.807, 2.05) is 0 Å². The molecule has 114 valence electrons. The van der Waals surface area contributed by atoms with Crippen LogP contribution in [-0.2, 0) is 4.74 Å². The van der Waals surface area contributed by atoms with Gasteiger partial charge in [-0.05, 0) is 50.5 Å². The lowest BCUT2D eigenvalue weighted by atomic mass is 9.85. The molecule has 2 unspecified atom stereocenters. The predicted octanol–water partition coefficient (Wildman–Crippen LogP) is 2.97. The average molecular weight is 271 g/mol. The van der Waals surface area contributed by atoms with Gasteiger partial charge in [0, 0.05) is 18.8 Å². The second kappa shape index (κ2) is 8.93. The molecule has 2 N–H and O–H groups in total. The highest BCUT2D eigenvalue weighted by Crippen LogP contribution is 2.37. The Morgan fingerprint density at radius 2 is 2.16 bits per heavy atom. The minimum Gasteiger partial charge on any atom is -0.394 e. The number of aliphatic hydroxyl groups excluding tert-OH is 1. The quantitative estimate of drug-likeness (QED) is 0.600. The molecule has 0 bridgehead atoms. The van der Waals surface area contributed by atoms with Gasteiger partial charge >= 0.3 is 0 Å². The van der Waals surface area contributed by atoms with Gasteiger partial charge in [-0.15, -0.1) is 0 Å². The molecule has 1 rings (SSSR count). The topological polar surface area (TPSA) is 41.5 Å². The van der Waals surface area contributed by atoms with Crippen LogP contribution in [0.1, 0.15) is 59.3 Å². The van der Waals surface area contributed by atoms with Gasteiger partial charge in [0.25, 0.3) is 0 Å². The van der Waals surface area contributed by atoms with E-state index in [1.54, 1.807) is 0 Å². The van der Waals surface area contributed by atoms with Gasteiger partial charge in [0.2, 0.25) is 0 Å². The van der Waals surface area contributed by atoms with Gasteiger partial charge in [-0.1, -0.05) is 27.2 Å². The van der Waals surface area contributed by atoms with Crippen LogP contribution >= 0.6 is 0 Å². The van der Waals surface area contributed by atoms with Gasteiger partial charge < -0.3 is 15.2 Å². The van der Waals surface area contributed by atoms with Crippen molar-refractivity contribution in [2.24, 2.45) is 11.8 Å². The zero-order chi connectivity index (χ0) is 14.1. The fourth-order valence-electron chi connectivity index (χ4n) is 3.08. The van der Waals surface area contributed by atoms with Crippen LogP contribution in [0.3, 0.4) is 0 Å². The first-order valence-corrected chi connectivity index (χ1v) is 8.08. The van der Waals surface area contributed by atoms with Gasteiger partial charge in [-0.3, -0.25) is 0 Å². The van der Waals surface area contributed by atoms with Crippen LogP contribution < -0.4 is 5.32 Å². The third-order valence-corrected chi connectivity index (χ3v) is 4.42. The number of ether oxygens (including phenoxy) is 1. The molecule has 0 aromatic rings. The third-order valence-electron chi connectivity index (χ3n) is 4.42. The van der Waals surface area contributed by atoms with Crippen molar-refractivity contribution < 1.29 is 9.84 Å². The number of rotatable bonds is 10. The van der Waals surface area contributed by atoms with Gasteiger partial charge in [-0.2, -0.15) is 0 Å². The minimum atomic E-state index is -0.0303. The van der Waals surface area contributed by atoms with Gasteiger partial charge in [-0.25, -0.2) is 0 Å². The number of aliphatic hydroxyl groups is 1. The summed E-state index contributed by atoms with van der Waals surface area (Å²) in [4.78, 5) is 0. The molecule has 3 nitrogen and oxygen atoms in total. The molecule has 1 aliphatic rings. The van der Waals surface area contributed by atoms with Crippen LogP contribution in [0.4, 0.5) is 0 Å². The molecule has 0 aromatic carbocycles. The van der Waals surface area contributed by atoms with Crippen molar-refractivity contribution in [2.75, 3.05) is 26.4 Å². The molecule has 0 amide bonds. The molecule has 0 heterocycles. The van der Waals surface area contributed by atoms with Crippen LogP contribution in [0.25, 0.3) is 0 Å². The monoisotopic (exact) mass is 271 g/mol. The summed E-state index contributed by atoms with van der Waals surface area (Å²) in [6, 6.07) is 0. The minimum absolute atomic E-state index is 0.0303. The zero-order valence-electron chi connectivity index (χ0n) is 13.1. The van der Waals surface area contributed by atoms with E-state index in [0.29, 0.717) is 11.8 Å². The van der Waals surface area contributed by atoms with Crippen molar-refractivity contribution >= 4 is 0 Å². The molecule has 0 saturated heterocycles. The molecule has 0 aliphatic heterocycles. The first-order valence-electron chi connectivity index (χ1n) is 8.08. The van der Waals surface area contributed by atoms with E-state index in [4.69, 9.17) is 4.74 Å². The maximum absolute atomic E-state index is 9.79. The van der Waals surface area contributed by atoms with Crippen LogP contribution in [-0.4, -0.2) is 37.0 Å². The number of hydrogen-bond donors (Lipinski definition) is 2. The van der Waals surface area contributed by atoms with Crippen molar-refractivity contribution in [3.63, 3.8) is 0 Å². The van der Waals surface area contributed by atoms with E-state index in [9.17, 15) is 5.11 Å². The summed E-state index contributed by atoms with van der Waals surface area (Å²) < 4.78 is 5.74. The smallest absolute Gasteiger partial charge is 0.0616 e. The summed E-state index contributed by atoms with van der Waals surface area (Å²) in [5, 5.41) is 13.4. The maximum Gasteiger partial charge on any atom is 0.0616 e. The van der Waals surface area contributed by atoms with Crippen LogP contribution in [0.2, 0.25) is 0 Å². The molecule has 2 atom stereocenters. The van der Waals surface area contributed by atoms with Crippen LogP contribution in [0, 0.1) is 11.8 Å². The Kier molecular flexibility index (Phi) is 7.96. The van der Waals surface area contributed by atoms with E-state index in [1.165, 1.54) is 12.8 Å². The zero-order valence-corrected chi connectivity index (χ0v) is 13.1. The molecule has 0 spiro atoms. The van der Waals surface area contributed by atoms with Crippen molar-refractivity contribution in [3.05, 3.63) is 0 Å². The summed E-state index contributed by atoms with van der Waals surface area (Å²) in [5.41, 5.74) is -0.0303. The van der Waals surface area contributed by atoms with Crippen molar-refractivity contribution in [1.29, 1.82) is 0 Å². The molecule has 0 aromatic heterocycles. The highest BCUT2D eigenvalue weighted by Gasteiger charge is 2.41. The maximum atomic E-state index is 9.79. The third kappa shape index (κ3) is 5.41. The summed E-state index contributed by atoms with van der Waals surface area (Å²) in [6.45, 7) is 9.62. The SMILES string of the molecule is CCCNC1(CO)CCCC1CCOCCC(C)C. The highest BCUT2D eigenvalue weighted by molar-refractivity contribution is 4.98. The van der Waals surface area contributed by atoms with E-state index in [2.05, 4.69) is 26.1 Å². The van der Waals surface area contributed by atoms with Gasteiger partial charge in [0.05, 0.1) is 6.61 Å². The van der Waals surface area contributed by atoms with Gasteiger partial charge in [0.15, 0.2) is 0 Å². The fourth-order valence-corrected chi connectivity index (χ4v) is 3.08. The Balaban J connectivity index is 2.29. The van der Waals surface area contributed by atoms with E-state index < -0.39 is 0 Å². The van der Waals surface area contributed by atoms with Crippen molar-refractivity contribution in [3.8, 4) is 0 Å². The van der Waals surface area contributed by atoms with E-state index in [0.717, 1.165) is 45.4 Å². The second-order valence-electron chi connectivity index (χ2n) is 6.41. The Morgan fingerprint density at radius 1 is 1.37 bits per heavy atom. The molecule has 19 heavy (non-hydrogen) atoms. The first kappa shape index (κ1) is 16.9. The van der Waals surface area contributed by atoms with Crippen molar-refractivity contribution in [2.45, 2.75) is 64.8 Å². The van der Waals surface area contributed by atoms with E-state index >= 15 is 0 Å². The lowest BCUT2D eigenvalue weighted by Gasteiger charge is -2.35. The Labute approximate surface area is 119 Å². The molecule has 1 saturated carbocycles. The molecular weight excluding hydrogens is 238 g/mol. The summed E-state index contributed by atoms with van der Waals surface area (Å²) in [7, 11) is 0. The van der Waals surface area contributed by atoms with Gasteiger partial charge in [0.1, 0.15) is 0 Å². The molecule has 1 fully saturated rings. The van der Waals surface area contributed by atoms with Crippen molar-refractivity contribution in [1.82, 2.24) is 5.32 Å². The lowest BCUT2D eigenvalue weighted by molar-refractivity contribution is 0.0750. The molecular formula is C16H33NO2. The second-order valence-corrected chi connectivity index (χ2v) is 6.41. The fraction of sp³-hybridized carbons (Fsp3) is 1.00. The average Bonchev–Trinajstić information content (AvgIpc) is 2.79. The largest absolute Gasteiger partial charge is 0.394 e. The first-order chi connectivity index (χ1) is 9.14. The molecule has 1 aliphatic carbocycles. The Hall–Kier alpha value is -0.120. The van der Waals surface area contributed by atoms with E-state index in [-0.39, 0.29) is 12.1 Å². The summed E-state index contributed by atoms with van der Waals surface area (Å²) >= 11 is 0. The normalized spacial score (nSPS) is 27.3. The van der Waals surface area contributed by atoms with Crippen LogP contribution in [0.15, 0.2) is 0 Å². The van der Waals surface area contributed by atoms with Crippen LogP contribution in [0.5, 0.6) is 0 Å². The molecule has 3 heteroatoms. The standard InChI is InChI=1S/C16H33NO2/c1-4-10-17-16(13-18)9-5-6-15(16)8-12-19-11-7-14(2)3/h14-15,17-18H,4-13H2,1-3H3. The Bertz CT molecular complexity index is 233. The number of hydrogen-bond acceptors (Lipinski definition) is 3. The number of nitrogens with one attached hydrogen (secondary N) is 1.